The molecule has 1 aliphatic carbocycles. The lowest BCUT2D eigenvalue weighted by molar-refractivity contribution is -0.150. The summed E-state index contributed by atoms with van der Waals surface area (Å²) >= 11 is 0. The Balaban J connectivity index is 1.70. The zero-order valence-corrected chi connectivity index (χ0v) is 15.0. The van der Waals surface area contributed by atoms with Crippen molar-refractivity contribution in [3.8, 4) is 0 Å². The van der Waals surface area contributed by atoms with Crippen LogP contribution in [0.2, 0.25) is 0 Å². The standard InChI is InChI=1S/C20H25NO5/c1-25-20-10-9-16(26-14-19(23)24)13-17(20)21(12-11-20)18(22)8-7-15-5-3-2-4-6-15/h2-8,16-17H,9-14H2,1H3,(H,23,24)/b8-7+/t16-,17-,20+/m0/s1. The van der Waals surface area contributed by atoms with E-state index in [1.165, 1.54) is 0 Å². The fourth-order valence-corrected chi connectivity index (χ4v) is 4.09. The molecule has 3 rings (SSSR count). The molecule has 1 aliphatic heterocycles. The lowest BCUT2D eigenvalue weighted by Crippen LogP contribution is -2.53. The maximum atomic E-state index is 12.8. The lowest BCUT2D eigenvalue weighted by Gasteiger charge is -2.43. The number of ether oxygens (including phenoxy) is 2. The number of nitrogens with zero attached hydrogens (tertiary/aromatic N) is 1. The molecule has 0 bridgehead atoms. The van der Waals surface area contributed by atoms with Crippen molar-refractivity contribution in [2.75, 3.05) is 20.3 Å². The van der Waals surface area contributed by atoms with E-state index in [9.17, 15) is 9.59 Å². The van der Waals surface area contributed by atoms with Crippen LogP contribution in [-0.2, 0) is 19.1 Å². The number of fused-ring (bicyclic) bond motifs is 1. The number of hydrogen-bond donors (Lipinski definition) is 1. The third kappa shape index (κ3) is 3.97. The monoisotopic (exact) mass is 359 g/mol. The largest absolute Gasteiger partial charge is 0.480 e. The van der Waals surface area contributed by atoms with Gasteiger partial charge in [0.15, 0.2) is 0 Å². The fourth-order valence-electron chi connectivity index (χ4n) is 4.09. The fraction of sp³-hybridized carbons (Fsp3) is 0.500. The van der Waals surface area contributed by atoms with E-state index in [-0.39, 0.29) is 30.3 Å². The second kappa shape index (κ2) is 8.01. The zero-order valence-electron chi connectivity index (χ0n) is 15.0. The average Bonchev–Trinajstić information content (AvgIpc) is 3.04. The number of carboxylic acids is 1. The van der Waals surface area contributed by atoms with E-state index in [0.717, 1.165) is 24.8 Å². The number of methoxy groups -OCH3 is 1. The van der Waals surface area contributed by atoms with Crippen LogP contribution >= 0.6 is 0 Å². The predicted octanol–water partition coefficient (Wildman–Crippen LogP) is 2.34. The van der Waals surface area contributed by atoms with Crippen LogP contribution in [0.1, 0.15) is 31.2 Å². The summed E-state index contributed by atoms with van der Waals surface area (Å²) < 4.78 is 11.3. The van der Waals surface area contributed by atoms with E-state index >= 15 is 0 Å². The summed E-state index contributed by atoms with van der Waals surface area (Å²) in [6.45, 7) is 0.335. The number of carbonyl (C=O) groups excluding carboxylic acids is 1. The first-order valence-electron chi connectivity index (χ1n) is 8.96. The van der Waals surface area contributed by atoms with Crippen molar-refractivity contribution in [2.45, 2.75) is 43.4 Å². The normalized spacial score (nSPS) is 28.3. The summed E-state index contributed by atoms with van der Waals surface area (Å²) in [4.78, 5) is 25.4. The minimum atomic E-state index is -0.973. The molecule has 0 radical (unpaired) electrons. The molecule has 140 valence electrons. The van der Waals surface area contributed by atoms with E-state index in [4.69, 9.17) is 14.6 Å². The predicted molar refractivity (Wildman–Crippen MR) is 96.6 cm³/mol. The highest BCUT2D eigenvalue weighted by atomic mass is 16.5. The van der Waals surface area contributed by atoms with Gasteiger partial charge in [-0.3, -0.25) is 4.79 Å². The Labute approximate surface area is 153 Å². The van der Waals surface area contributed by atoms with E-state index < -0.39 is 5.97 Å². The Hall–Kier alpha value is -2.18. The molecule has 2 fully saturated rings. The van der Waals surface area contributed by atoms with Gasteiger partial charge >= 0.3 is 5.97 Å². The molecule has 0 spiro atoms. The smallest absolute Gasteiger partial charge is 0.329 e. The molecule has 26 heavy (non-hydrogen) atoms. The quantitative estimate of drug-likeness (QED) is 0.789. The van der Waals surface area contributed by atoms with Gasteiger partial charge in [0.25, 0.3) is 0 Å². The molecule has 1 amide bonds. The number of carbonyl (C=O) groups is 2. The number of amides is 1. The summed E-state index contributed by atoms with van der Waals surface area (Å²) in [6.07, 6.45) is 6.17. The topological polar surface area (TPSA) is 76.1 Å². The molecule has 1 heterocycles. The molecule has 1 saturated heterocycles. The third-order valence-electron chi connectivity index (χ3n) is 5.49. The number of likely N-dealkylation sites (tertiary alicyclic amines) is 1. The molecule has 1 aromatic carbocycles. The van der Waals surface area contributed by atoms with Gasteiger partial charge in [0.1, 0.15) is 6.61 Å². The van der Waals surface area contributed by atoms with E-state index in [0.29, 0.717) is 13.0 Å². The molecule has 0 aromatic heterocycles. The van der Waals surface area contributed by atoms with Gasteiger partial charge in [-0.25, -0.2) is 4.79 Å². The van der Waals surface area contributed by atoms with Gasteiger partial charge in [0, 0.05) is 19.7 Å². The highest BCUT2D eigenvalue weighted by Crippen LogP contribution is 2.43. The number of aliphatic carboxylic acids is 1. The molecule has 6 heteroatoms. The van der Waals surface area contributed by atoms with Crippen LogP contribution in [0.15, 0.2) is 36.4 Å². The Morgan fingerprint density at radius 1 is 1.31 bits per heavy atom. The Bertz CT molecular complexity index is 674. The minimum absolute atomic E-state index is 0.0448. The van der Waals surface area contributed by atoms with E-state index in [1.54, 1.807) is 13.2 Å². The number of carboxylic acid groups (broad SMARTS) is 1. The Morgan fingerprint density at radius 3 is 2.77 bits per heavy atom. The molecule has 1 N–H and O–H groups in total. The number of benzene rings is 1. The van der Waals surface area contributed by atoms with Crippen LogP contribution in [0.25, 0.3) is 6.08 Å². The van der Waals surface area contributed by atoms with Gasteiger partial charge < -0.3 is 19.5 Å². The van der Waals surface area contributed by atoms with Gasteiger partial charge in [-0.1, -0.05) is 30.3 Å². The van der Waals surface area contributed by atoms with E-state index in [1.807, 2.05) is 41.3 Å². The van der Waals surface area contributed by atoms with Crippen molar-refractivity contribution >= 4 is 18.0 Å². The van der Waals surface area contributed by atoms with Crippen LogP contribution < -0.4 is 0 Å². The summed E-state index contributed by atoms with van der Waals surface area (Å²) in [5.41, 5.74) is 0.628. The molecular formula is C20H25NO5. The molecule has 3 atom stereocenters. The minimum Gasteiger partial charge on any atom is -0.480 e. The molecule has 0 unspecified atom stereocenters. The van der Waals surface area contributed by atoms with Crippen molar-refractivity contribution in [3.63, 3.8) is 0 Å². The van der Waals surface area contributed by atoms with Crippen LogP contribution in [0.5, 0.6) is 0 Å². The lowest BCUT2D eigenvalue weighted by atomic mass is 9.79. The number of hydrogen-bond acceptors (Lipinski definition) is 4. The van der Waals surface area contributed by atoms with Gasteiger partial charge in [0.2, 0.25) is 5.91 Å². The van der Waals surface area contributed by atoms with Crippen LogP contribution in [0, 0.1) is 0 Å². The molecule has 2 aliphatic rings. The third-order valence-corrected chi connectivity index (χ3v) is 5.49. The number of rotatable bonds is 6. The van der Waals surface area contributed by atoms with E-state index in [2.05, 4.69) is 0 Å². The Kier molecular flexibility index (Phi) is 5.74. The second-order valence-electron chi connectivity index (χ2n) is 6.91. The molecule has 6 nitrogen and oxygen atoms in total. The van der Waals surface area contributed by atoms with Gasteiger partial charge in [-0.05, 0) is 37.3 Å². The van der Waals surface area contributed by atoms with Crippen molar-refractivity contribution in [2.24, 2.45) is 0 Å². The van der Waals surface area contributed by atoms with Gasteiger partial charge in [-0.2, -0.15) is 0 Å². The first kappa shape index (κ1) is 18.6. The summed E-state index contributed by atoms with van der Waals surface area (Å²) in [7, 11) is 1.69. The highest BCUT2D eigenvalue weighted by molar-refractivity contribution is 5.92. The second-order valence-corrected chi connectivity index (χ2v) is 6.91. The average molecular weight is 359 g/mol. The summed E-state index contributed by atoms with van der Waals surface area (Å²) in [5.74, 6) is -1.02. The van der Waals surface area contributed by atoms with Crippen molar-refractivity contribution in [1.29, 1.82) is 0 Å². The SMILES string of the molecule is CO[C@@]12CC[C@H](OCC(=O)O)C[C@@H]1N(C(=O)/C=C/c1ccccc1)CC2. The van der Waals surface area contributed by atoms with Crippen molar-refractivity contribution in [1.82, 2.24) is 4.90 Å². The van der Waals surface area contributed by atoms with Crippen LogP contribution in [0.4, 0.5) is 0 Å². The summed E-state index contributed by atoms with van der Waals surface area (Å²) in [5, 5.41) is 8.82. The van der Waals surface area contributed by atoms with Gasteiger partial charge in [0.05, 0.1) is 17.7 Å². The first-order chi connectivity index (χ1) is 12.5. The van der Waals surface area contributed by atoms with Crippen molar-refractivity contribution in [3.05, 3.63) is 42.0 Å². The molecular weight excluding hydrogens is 334 g/mol. The Morgan fingerprint density at radius 2 is 2.08 bits per heavy atom. The first-order valence-corrected chi connectivity index (χ1v) is 8.96. The molecule has 1 aromatic rings. The highest BCUT2D eigenvalue weighted by Gasteiger charge is 2.52. The maximum absolute atomic E-state index is 12.8. The van der Waals surface area contributed by atoms with Crippen LogP contribution in [-0.4, -0.2) is 59.9 Å². The van der Waals surface area contributed by atoms with Crippen molar-refractivity contribution < 1.29 is 24.2 Å². The van der Waals surface area contributed by atoms with Crippen LogP contribution in [0.3, 0.4) is 0 Å². The zero-order chi connectivity index (χ0) is 18.6. The summed E-state index contributed by atoms with van der Waals surface area (Å²) in [6, 6.07) is 9.61. The molecule has 1 saturated carbocycles. The maximum Gasteiger partial charge on any atom is 0.329 e. The van der Waals surface area contributed by atoms with Gasteiger partial charge in [-0.15, -0.1) is 0 Å².